The number of rotatable bonds is 1. The minimum Gasteiger partial charge on any atom is -0.248 e. The first kappa shape index (κ1) is 8.11. The molecule has 0 aliphatic carbocycles. The quantitative estimate of drug-likeness (QED) is 0.534. The average Bonchev–Trinajstić information content (AvgIpc) is 2.88. The van der Waals surface area contributed by atoms with E-state index in [4.69, 9.17) is 12.2 Å². The van der Waals surface area contributed by atoms with Crippen LogP contribution in [0.15, 0.2) is 12.7 Å². The van der Waals surface area contributed by atoms with Gasteiger partial charge in [-0.1, -0.05) is 0 Å². The molecule has 15 heavy (non-hydrogen) atoms. The summed E-state index contributed by atoms with van der Waals surface area (Å²) in [6.07, 6.45) is 2.84. The molecular weight excluding hydrogens is 218 g/mol. The fourth-order valence-corrected chi connectivity index (χ4v) is 1.21. The molecule has 0 saturated carbocycles. The number of nitrogens with zero attached hydrogens (tertiary/aromatic N) is 8. The van der Waals surface area contributed by atoms with Crippen LogP contribution in [0.3, 0.4) is 0 Å². The summed E-state index contributed by atoms with van der Waals surface area (Å²) in [6.45, 7) is 0. The molecule has 3 aromatic rings. The normalized spacial score (nSPS) is 10.9. The summed E-state index contributed by atoms with van der Waals surface area (Å²) >= 11 is 4.95. The number of hydrogen-bond donors (Lipinski definition) is 1. The highest BCUT2D eigenvalue weighted by molar-refractivity contribution is 7.71. The first-order valence-electron chi connectivity index (χ1n) is 3.88. The average molecular weight is 221 g/mol. The van der Waals surface area contributed by atoms with E-state index >= 15 is 0 Å². The summed E-state index contributed by atoms with van der Waals surface area (Å²) in [5, 5.41) is 21.9. The summed E-state index contributed by atoms with van der Waals surface area (Å²) in [7, 11) is 0. The minimum absolute atomic E-state index is 0.275. The van der Waals surface area contributed by atoms with Crippen LogP contribution >= 0.6 is 12.2 Å². The van der Waals surface area contributed by atoms with Crippen molar-refractivity contribution in [3.63, 3.8) is 0 Å². The van der Waals surface area contributed by atoms with Gasteiger partial charge in [-0.05, 0) is 12.2 Å². The number of fused-ring (bicyclic) bond motifs is 1. The third-order valence-electron chi connectivity index (χ3n) is 1.68. The SMILES string of the molecule is S=c1[nH]nc2nnc(-n3cncn3)nn12. The van der Waals surface area contributed by atoms with Gasteiger partial charge in [0.1, 0.15) is 12.7 Å². The second-order valence-electron chi connectivity index (χ2n) is 2.58. The van der Waals surface area contributed by atoms with Gasteiger partial charge in [-0.2, -0.15) is 14.3 Å². The molecule has 0 aliphatic heterocycles. The lowest BCUT2D eigenvalue weighted by molar-refractivity contribution is 0.711. The van der Waals surface area contributed by atoms with E-state index in [1.807, 2.05) is 0 Å². The molecule has 3 heterocycles. The van der Waals surface area contributed by atoms with Crippen LogP contribution in [0, 0.1) is 4.77 Å². The van der Waals surface area contributed by atoms with Crippen molar-refractivity contribution in [2.45, 2.75) is 0 Å². The van der Waals surface area contributed by atoms with Crippen molar-refractivity contribution < 1.29 is 0 Å². The van der Waals surface area contributed by atoms with Gasteiger partial charge in [0, 0.05) is 0 Å². The predicted molar refractivity (Wildman–Crippen MR) is 48.7 cm³/mol. The van der Waals surface area contributed by atoms with Gasteiger partial charge in [0.15, 0.2) is 0 Å². The molecule has 3 rings (SSSR count). The van der Waals surface area contributed by atoms with E-state index < -0.39 is 0 Å². The molecule has 1 N–H and O–H groups in total. The van der Waals surface area contributed by atoms with Crippen LogP contribution in [0.25, 0.3) is 11.7 Å². The lowest BCUT2D eigenvalue weighted by Crippen LogP contribution is -2.08. The Labute approximate surface area is 86.8 Å². The molecule has 0 spiro atoms. The molecular formula is C5H3N9S. The van der Waals surface area contributed by atoms with E-state index in [9.17, 15) is 0 Å². The monoisotopic (exact) mass is 221 g/mol. The molecule has 3 aromatic heterocycles. The van der Waals surface area contributed by atoms with Gasteiger partial charge in [-0.15, -0.1) is 20.4 Å². The van der Waals surface area contributed by atoms with Crippen LogP contribution in [-0.4, -0.2) is 44.8 Å². The summed E-state index contributed by atoms with van der Waals surface area (Å²) in [6, 6.07) is 0. The number of H-pyrrole nitrogens is 1. The molecule has 0 saturated heterocycles. The third kappa shape index (κ3) is 1.19. The van der Waals surface area contributed by atoms with Crippen LogP contribution in [-0.2, 0) is 0 Å². The van der Waals surface area contributed by atoms with E-state index in [0.29, 0.717) is 10.5 Å². The second-order valence-corrected chi connectivity index (χ2v) is 2.97. The zero-order valence-electron chi connectivity index (χ0n) is 7.14. The summed E-state index contributed by atoms with van der Waals surface area (Å²) in [4.78, 5) is 3.77. The lowest BCUT2D eigenvalue weighted by atomic mass is 11.0. The molecule has 0 fully saturated rings. The molecule has 0 aromatic carbocycles. The fraction of sp³-hybridized carbons (Fsp3) is 0. The first-order valence-corrected chi connectivity index (χ1v) is 4.28. The largest absolute Gasteiger partial charge is 0.289 e. The van der Waals surface area contributed by atoms with Crippen molar-refractivity contribution in [2.24, 2.45) is 0 Å². The molecule has 0 bridgehead atoms. The van der Waals surface area contributed by atoms with Crippen LogP contribution in [0.4, 0.5) is 0 Å². The van der Waals surface area contributed by atoms with Crippen LogP contribution in [0.1, 0.15) is 0 Å². The van der Waals surface area contributed by atoms with Crippen molar-refractivity contribution in [1.29, 1.82) is 0 Å². The van der Waals surface area contributed by atoms with Gasteiger partial charge in [0.25, 0.3) is 11.7 Å². The maximum absolute atomic E-state index is 4.95. The Kier molecular flexibility index (Phi) is 1.56. The highest BCUT2D eigenvalue weighted by atomic mass is 32.1. The Hall–Kier alpha value is -2.23. The van der Waals surface area contributed by atoms with Gasteiger partial charge >= 0.3 is 0 Å². The maximum atomic E-state index is 4.95. The van der Waals surface area contributed by atoms with Gasteiger partial charge in [0.2, 0.25) is 4.77 Å². The number of nitrogens with one attached hydrogen (secondary N) is 1. The molecule has 0 aliphatic rings. The Morgan fingerprint density at radius 2 is 2.27 bits per heavy atom. The number of hydrogen-bond acceptors (Lipinski definition) is 7. The molecule has 9 nitrogen and oxygen atoms in total. The van der Waals surface area contributed by atoms with Crippen molar-refractivity contribution in [3.8, 4) is 5.95 Å². The predicted octanol–water partition coefficient (Wildman–Crippen LogP) is -0.842. The van der Waals surface area contributed by atoms with Gasteiger partial charge in [-0.3, -0.25) is 0 Å². The zero-order chi connectivity index (χ0) is 10.3. The summed E-state index contributed by atoms with van der Waals surface area (Å²) in [5.74, 6) is 0.585. The van der Waals surface area contributed by atoms with Crippen LogP contribution < -0.4 is 0 Å². The zero-order valence-corrected chi connectivity index (χ0v) is 7.96. The van der Waals surface area contributed by atoms with E-state index in [-0.39, 0.29) is 5.95 Å². The fourth-order valence-electron chi connectivity index (χ4n) is 1.04. The second kappa shape index (κ2) is 2.88. The Bertz CT molecular complexity index is 649. The van der Waals surface area contributed by atoms with Crippen LogP contribution in [0.5, 0.6) is 0 Å². The van der Waals surface area contributed by atoms with Gasteiger partial charge in [-0.25, -0.2) is 10.1 Å². The Balaban J connectivity index is 2.30. The highest BCUT2D eigenvalue weighted by Gasteiger charge is 2.05. The maximum Gasteiger partial charge on any atom is 0.289 e. The summed E-state index contributed by atoms with van der Waals surface area (Å²) < 4.78 is 3.09. The number of aromatic amines is 1. The molecule has 10 heteroatoms. The molecule has 74 valence electrons. The van der Waals surface area contributed by atoms with Gasteiger partial charge in [0.05, 0.1) is 0 Å². The van der Waals surface area contributed by atoms with Crippen molar-refractivity contribution in [2.75, 3.05) is 0 Å². The van der Waals surface area contributed by atoms with Crippen molar-refractivity contribution in [3.05, 3.63) is 17.4 Å². The van der Waals surface area contributed by atoms with E-state index in [2.05, 4.69) is 35.6 Å². The Morgan fingerprint density at radius 3 is 3.07 bits per heavy atom. The van der Waals surface area contributed by atoms with Crippen molar-refractivity contribution in [1.82, 2.24) is 44.8 Å². The minimum atomic E-state index is 0.275. The lowest BCUT2D eigenvalue weighted by Gasteiger charge is -1.95. The molecule has 0 atom stereocenters. The topological polar surface area (TPSA) is 102 Å². The first-order chi connectivity index (χ1) is 7.34. The Morgan fingerprint density at radius 1 is 1.33 bits per heavy atom. The highest BCUT2D eigenvalue weighted by Crippen LogP contribution is 1.96. The summed E-state index contributed by atoms with van der Waals surface area (Å²) in [5.41, 5.74) is 0. The standard InChI is InChI=1S/C5H3N9S/c15-5-11-9-3-8-10-4(12-14(3)5)13-2-6-1-7-13/h1-2H,(H,11,15). The van der Waals surface area contributed by atoms with E-state index in [1.54, 1.807) is 0 Å². The molecule has 0 unspecified atom stereocenters. The van der Waals surface area contributed by atoms with E-state index in [0.717, 1.165) is 0 Å². The van der Waals surface area contributed by atoms with Gasteiger partial charge < -0.3 is 0 Å². The van der Waals surface area contributed by atoms with Crippen LogP contribution in [0.2, 0.25) is 0 Å². The van der Waals surface area contributed by atoms with Crippen molar-refractivity contribution >= 4 is 18.0 Å². The molecule has 0 amide bonds. The van der Waals surface area contributed by atoms with E-state index in [1.165, 1.54) is 21.9 Å². The molecule has 0 radical (unpaired) electrons. The smallest absolute Gasteiger partial charge is 0.248 e. The third-order valence-corrected chi connectivity index (χ3v) is 1.94. The number of aromatic nitrogens is 9.